The van der Waals surface area contributed by atoms with Gasteiger partial charge in [0.25, 0.3) is 0 Å². The zero-order valence-electron chi connectivity index (χ0n) is 14.3. The van der Waals surface area contributed by atoms with E-state index in [9.17, 15) is 0 Å². The summed E-state index contributed by atoms with van der Waals surface area (Å²) in [4.78, 5) is 4.59. The van der Waals surface area contributed by atoms with Crippen molar-refractivity contribution in [2.75, 3.05) is 18.6 Å². The summed E-state index contributed by atoms with van der Waals surface area (Å²) in [5.41, 5.74) is 0. The Balaban J connectivity index is 0.00000288. The molecule has 2 N–H and O–H groups in total. The summed E-state index contributed by atoms with van der Waals surface area (Å²) in [6, 6.07) is 3.81. The lowest BCUT2D eigenvalue weighted by Gasteiger charge is -2.11. The number of halogens is 1. The van der Waals surface area contributed by atoms with Crippen molar-refractivity contribution in [3.05, 3.63) is 35.8 Å². The van der Waals surface area contributed by atoms with E-state index >= 15 is 0 Å². The zero-order valence-corrected chi connectivity index (χ0v) is 17.4. The number of furan rings is 1. The lowest BCUT2D eigenvalue weighted by atomic mass is 10.4. The molecular formula is C15H25IN6OS. The van der Waals surface area contributed by atoms with Gasteiger partial charge in [0.1, 0.15) is 18.1 Å². The third-order valence-electron chi connectivity index (χ3n) is 3.39. The molecule has 0 fully saturated rings. The van der Waals surface area contributed by atoms with Gasteiger partial charge in [-0.05, 0) is 37.5 Å². The molecule has 134 valence electrons. The maximum Gasteiger partial charge on any atom is 0.192 e. The van der Waals surface area contributed by atoms with Gasteiger partial charge in [-0.2, -0.15) is 11.8 Å². The average Bonchev–Trinajstić information content (AvgIpc) is 3.18. The molecular weight excluding hydrogens is 439 g/mol. The third-order valence-corrected chi connectivity index (χ3v) is 4.09. The van der Waals surface area contributed by atoms with E-state index in [1.165, 1.54) is 0 Å². The molecule has 9 heteroatoms. The largest absolute Gasteiger partial charge is 0.467 e. The smallest absolute Gasteiger partial charge is 0.192 e. The lowest BCUT2D eigenvalue weighted by molar-refractivity contribution is 0.501. The first-order chi connectivity index (χ1) is 11.2. The van der Waals surface area contributed by atoms with Gasteiger partial charge in [0.05, 0.1) is 12.8 Å². The molecule has 2 aromatic heterocycles. The highest BCUT2D eigenvalue weighted by molar-refractivity contribution is 14.0. The maximum atomic E-state index is 5.34. The first kappa shape index (κ1) is 20.8. The SMILES string of the molecule is CSCCCNC(=NCc1nnc(C)n1C)NCc1ccco1.I. The monoisotopic (exact) mass is 464 g/mol. The molecule has 0 amide bonds. The summed E-state index contributed by atoms with van der Waals surface area (Å²) in [5, 5.41) is 14.8. The molecule has 0 atom stereocenters. The van der Waals surface area contributed by atoms with Crippen molar-refractivity contribution in [3.63, 3.8) is 0 Å². The number of nitrogens with one attached hydrogen (secondary N) is 2. The Kier molecular flexibility index (Phi) is 9.84. The van der Waals surface area contributed by atoms with Gasteiger partial charge in [-0.1, -0.05) is 0 Å². The molecule has 0 radical (unpaired) electrons. The topological polar surface area (TPSA) is 80.3 Å². The maximum absolute atomic E-state index is 5.34. The number of guanidine groups is 1. The first-order valence-corrected chi connectivity index (χ1v) is 8.98. The van der Waals surface area contributed by atoms with E-state index < -0.39 is 0 Å². The highest BCUT2D eigenvalue weighted by Gasteiger charge is 2.05. The number of hydrogen-bond acceptors (Lipinski definition) is 5. The molecule has 2 heterocycles. The number of hydrogen-bond donors (Lipinski definition) is 2. The van der Waals surface area contributed by atoms with Crippen LogP contribution in [0.4, 0.5) is 0 Å². The summed E-state index contributed by atoms with van der Waals surface area (Å²) in [6.07, 6.45) is 4.87. The molecule has 0 saturated heterocycles. The van der Waals surface area contributed by atoms with Crippen LogP contribution in [-0.4, -0.2) is 39.3 Å². The highest BCUT2D eigenvalue weighted by Crippen LogP contribution is 2.01. The highest BCUT2D eigenvalue weighted by atomic mass is 127. The minimum Gasteiger partial charge on any atom is -0.467 e. The van der Waals surface area contributed by atoms with E-state index in [-0.39, 0.29) is 24.0 Å². The zero-order chi connectivity index (χ0) is 16.5. The molecule has 0 spiro atoms. The van der Waals surface area contributed by atoms with Crippen molar-refractivity contribution < 1.29 is 4.42 Å². The molecule has 0 aromatic carbocycles. The second-order valence-electron chi connectivity index (χ2n) is 5.09. The second-order valence-corrected chi connectivity index (χ2v) is 6.08. The number of nitrogens with zero attached hydrogens (tertiary/aromatic N) is 4. The number of aliphatic imine (C=N–C) groups is 1. The molecule has 0 aliphatic rings. The molecule has 7 nitrogen and oxygen atoms in total. The Morgan fingerprint density at radius 3 is 2.83 bits per heavy atom. The van der Waals surface area contributed by atoms with Gasteiger partial charge < -0.3 is 19.6 Å². The van der Waals surface area contributed by atoms with Crippen LogP contribution in [-0.2, 0) is 20.1 Å². The number of thioether (sulfide) groups is 1. The van der Waals surface area contributed by atoms with Crippen LogP contribution >= 0.6 is 35.7 Å². The fraction of sp³-hybridized carbons (Fsp3) is 0.533. The Labute approximate surface area is 164 Å². The first-order valence-electron chi connectivity index (χ1n) is 7.59. The molecule has 0 saturated carbocycles. The fourth-order valence-corrected chi connectivity index (χ4v) is 2.35. The molecule has 0 bridgehead atoms. The van der Waals surface area contributed by atoms with Crippen LogP contribution in [0.25, 0.3) is 0 Å². The van der Waals surface area contributed by atoms with Crippen molar-refractivity contribution in [2.45, 2.75) is 26.4 Å². The normalized spacial score (nSPS) is 11.2. The Morgan fingerprint density at radius 2 is 2.21 bits per heavy atom. The molecule has 0 aliphatic carbocycles. The van der Waals surface area contributed by atoms with E-state index in [1.807, 2.05) is 42.4 Å². The van der Waals surface area contributed by atoms with Gasteiger partial charge in [0.2, 0.25) is 0 Å². The van der Waals surface area contributed by atoms with Crippen molar-refractivity contribution >= 4 is 41.7 Å². The summed E-state index contributed by atoms with van der Waals surface area (Å²) in [7, 11) is 1.95. The Morgan fingerprint density at radius 1 is 1.38 bits per heavy atom. The van der Waals surface area contributed by atoms with Crippen LogP contribution in [0.3, 0.4) is 0 Å². The summed E-state index contributed by atoms with van der Waals surface area (Å²) in [5.74, 6) is 4.47. The molecule has 2 aromatic rings. The van der Waals surface area contributed by atoms with Gasteiger partial charge in [-0.15, -0.1) is 34.2 Å². The van der Waals surface area contributed by atoms with E-state index in [0.29, 0.717) is 13.1 Å². The lowest BCUT2D eigenvalue weighted by Crippen LogP contribution is -2.37. The predicted molar refractivity (Wildman–Crippen MR) is 109 cm³/mol. The van der Waals surface area contributed by atoms with Crippen LogP contribution in [0.1, 0.15) is 23.8 Å². The van der Waals surface area contributed by atoms with E-state index in [2.05, 4.69) is 32.1 Å². The van der Waals surface area contributed by atoms with Gasteiger partial charge >= 0.3 is 0 Å². The Bertz CT molecular complexity index is 614. The molecule has 0 aliphatic heterocycles. The van der Waals surface area contributed by atoms with Crippen molar-refractivity contribution in [3.8, 4) is 0 Å². The van der Waals surface area contributed by atoms with E-state index in [1.54, 1.807) is 6.26 Å². The summed E-state index contributed by atoms with van der Waals surface area (Å²) >= 11 is 1.84. The molecule has 2 rings (SSSR count). The quantitative estimate of drug-likeness (QED) is 0.270. The average molecular weight is 464 g/mol. The van der Waals surface area contributed by atoms with Gasteiger partial charge in [0, 0.05) is 13.6 Å². The minimum absolute atomic E-state index is 0. The predicted octanol–water partition coefficient (Wildman–Crippen LogP) is 2.32. The standard InChI is InChI=1S/C15H24N6OS.HI/c1-12-19-20-14(21(12)2)11-18-15(16-7-5-9-23-3)17-10-13-6-4-8-22-13;/h4,6,8H,5,7,9-11H2,1-3H3,(H2,16,17,18);1H. The van der Waals surface area contributed by atoms with Gasteiger partial charge in [-0.25, -0.2) is 4.99 Å². The summed E-state index contributed by atoms with van der Waals surface area (Å²) in [6.45, 7) is 3.88. The summed E-state index contributed by atoms with van der Waals surface area (Å²) < 4.78 is 7.28. The molecule has 0 unspecified atom stereocenters. The number of aryl methyl sites for hydroxylation is 1. The Hall–Kier alpha value is -1.23. The third kappa shape index (κ3) is 6.71. The van der Waals surface area contributed by atoms with Gasteiger partial charge in [-0.3, -0.25) is 0 Å². The van der Waals surface area contributed by atoms with Crippen molar-refractivity contribution in [1.29, 1.82) is 0 Å². The fourth-order valence-electron chi connectivity index (χ4n) is 1.92. The van der Waals surface area contributed by atoms with E-state index in [0.717, 1.165) is 42.1 Å². The van der Waals surface area contributed by atoms with E-state index in [4.69, 9.17) is 4.42 Å². The van der Waals surface area contributed by atoms with Crippen LogP contribution in [0, 0.1) is 6.92 Å². The molecule has 24 heavy (non-hydrogen) atoms. The van der Waals surface area contributed by atoms with Crippen LogP contribution in [0.5, 0.6) is 0 Å². The number of rotatable bonds is 8. The van der Waals surface area contributed by atoms with Crippen molar-refractivity contribution in [1.82, 2.24) is 25.4 Å². The van der Waals surface area contributed by atoms with Gasteiger partial charge in [0.15, 0.2) is 11.8 Å². The van der Waals surface area contributed by atoms with Crippen molar-refractivity contribution in [2.24, 2.45) is 12.0 Å². The van der Waals surface area contributed by atoms with Crippen LogP contribution in [0.2, 0.25) is 0 Å². The number of aromatic nitrogens is 3. The van der Waals surface area contributed by atoms with Crippen LogP contribution in [0.15, 0.2) is 27.8 Å². The minimum atomic E-state index is 0. The second kappa shape index (κ2) is 11.3. The van der Waals surface area contributed by atoms with Crippen LogP contribution < -0.4 is 10.6 Å².